The number of nitrogens with zero attached hydrogens (tertiary/aromatic N) is 1. The monoisotopic (exact) mass is 322 g/mol. The molecular weight excluding hydrogens is 300 g/mol. The van der Waals surface area contributed by atoms with Crippen molar-refractivity contribution in [1.29, 1.82) is 0 Å². The van der Waals surface area contributed by atoms with Gasteiger partial charge in [-0.2, -0.15) is 0 Å². The normalized spacial score (nSPS) is 19.4. The molecule has 1 N–H and O–H groups in total. The highest BCUT2D eigenvalue weighted by Gasteiger charge is 2.29. The Hall–Kier alpha value is -2.49. The molecule has 1 amide bonds. The van der Waals surface area contributed by atoms with Gasteiger partial charge in [0, 0.05) is 31.2 Å². The van der Waals surface area contributed by atoms with Crippen molar-refractivity contribution in [3.8, 4) is 5.75 Å². The highest BCUT2D eigenvalue weighted by molar-refractivity contribution is 5.82. The number of amides is 1. The molecule has 0 unspecified atom stereocenters. The minimum atomic E-state index is -0.402. The van der Waals surface area contributed by atoms with Crippen molar-refractivity contribution in [2.24, 2.45) is 0 Å². The highest BCUT2D eigenvalue weighted by atomic mass is 16.5. The van der Waals surface area contributed by atoms with Crippen LogP contribution >= 0.6 is 0 Å². The smallest absolute Gasteiger partial charge is 0.261 e. The van der Waals surface area contributed by atoms with Crippen LogP contribution in [-0.4, -0.2) is 31.1 Å². The molecule has 4 heteroatoms. The van der Waals surface area contributed by atoms with Gasteiger partial charge in [0.05, 0.1) is 0 Å². The average molecular weight is 322 g/mol. The third-order valence-corrected chi connectivity index (χ3v) is 4.97. The topological polar surface area (TPSA) is 41.6 Å². The van der Waals surface area contributed by atoms with Gasteiger partial charge in [-0.15, -0.1) is 0 Å². The first-order valence-corrected chi connectivity index (χ1v) is 8.59. The zero-order valence-corrected chi connectivity index (χ0v) is 13.9. The van der Waals surface area contributed by atoms with Crippen LogP contribution in [-0.2, 0) is 17.6 Å². The highest BCUT2D eigenvalue weighted by Crippen LogP contribution is 2.30. The average Bonchev–Trinajstić information content (AvgIpc) is 3.23. The number of nitrogens with one attached hydrogen (secondary N) is 1. The molecule has 24 heavy (non-hydrogen) atoms. The van der Waals surface area contributed by atoms with Crippen LogP contribution in [0.25, 0.3) is 0 Å². The summed E-state index contributed by atoms with van der Waals surface area (Å²) in [5, 5.41) is 3.06. The molecule has 2 aliphatic heterocycles. The summed E-state index contributed by atoms with van der Waals surface area (Å²) in [6, 6.07) is 16.6. The van der Waals surface area contributed by atoms with Gasteiger partial charge >= 0.3 is 0 Å². The van der Waals surface area contributed by atoms with Crippen molar-refractivity contribution in [2.45, 2.75) is 31.9 Å². The van der Waals surface area contributed by atoms with E-state index in [1.807, 2.05) is 24.3 Å². The van der Waals surface area contributed by atoms with E-state index >= 15 is 0 Å². The first kappa shape index (κ1) is 15.1. The number of carbonyl (C=O) groups excluding carboxylic acids is 1. The molecule has 0 aromatic heterocycles. The fourth-order valence-electron chi connectivity index (χ4n) is 3.62. The Morgan fingerprint density at radius 3 is 2.79 bits per heavy atom. The lowest BCUT2D eigenvalue weighted by molar-refractivity contribution is -0.127. The lowest BCUT2D eigenvalue weighted by atomic mass is 10.1. The van der Waals surface area contributed by atoms with E-state index in [1.54, 1.807) is 0 Å². The van der Waals surface area contributed by atoms with Crippen LogP contribution in [0, 0.1) is 0 Å². The van der Waals surface area contributed by atoms with E-state index in [2.05, 4.69) is 41.4 Å². The van der Waals surface area contributed by atoms with Crippen LogP contribution in [0.1, 0.15) is 18.1 Å². The number of benzene rings is 2. The second-order valence-electron chi connectivity index (χ2n) is 6.58. The first-order chi connectivity index (χ1) is 11.7. The van der Waals surface area contributed by atoms with Crippen molar-refractivity contribution >= 4 is 11.6 Å². The van der Waals surface area contributed by atoms with Gasteiger partial charge in [-0.3, -0.25) is 4.79 Å². The van der Waals surface area contributed by atoms with Crippen LogP contribution in [0.3, 0.4) is 0 Å². The first-order valence-electron chi connectivity index (χ1n) is 8.59. The summed E-state index contributed by atoms with van der Waals surface area (Å²) in [6.45, 7) is 3.80. The van der Waals surface area contributed by atoms with Gasteiger partial charge in [-0.1, -0.05) is 36.4 Å². The second kappa shape index (κ2) is 6.19. The summed E-state index contributed by atoms with van der Waals surface area (Å²) < 4.78 is 5.76. The number of ether oxygens (including phenoxy) is 1. The largest absolute Gasteiger partial charge is 0.480 e. The maximum absolute atomic E-state index is 12.4. The third kappa shape index (κ3) is 2.73. The Kier molecular flexibility index (Phi) is 3.89. The van der Waals surface area contributed by atoms with Crippen LogP contribution in [0.15, 0.2) is 48.5 Å². The molecule has 0 radical (unpaired) electrons. The molecule has 124 valence electrons. The maximum Gasteiger partial charge on any atom is 0.261 e. The Bertz CT molecular complexity index is 734. The number of para-hydroxylation sites is 2. The van der Waals surface area contributed by atoms with Crippen LogP contribution in [0.4, 0.5) is 5.69 Å². The lowest BCUT2D eigenvalue weighted by Gasteiger charge is -2.28. The van der Waals surface area contributed by atoms with E-state index in [0.717, 1.165) is 24.3 Å². The Morgan fingerprint density at radius 2 is 1.96 bits per heavy atom. The molecular formula is C20H22N2O2. The quantitative estimate of drug-likeness (QED) is 0.940. The van der Waals surface area contributed by atoms with Crippen LogP contribution in [0.2, 0.25) is 0 Å². The number of carbonyl (C=O) groups is 1. The van der Waals surface area contributed by atoms with Crippen LogP contribution in [0.5, 0.6) is 5.75 Å². The number of hydrogen-bond acceptors (Lipinski definition) is 3. The fourth-order valence-corrected chi connectivity index (χ4v) is 3.62. The Labute approximate surface area is 142 Å². The molecule has 0 fully saturated rings. The summed E-state index contributed by atoms with van der Waals surface area (Å²) in [6.07, 6.45) is 1.33. The Morgan fingerprint density at radius 1 is 1.21 bits per heavy atom. The molecule has 4 rings (SSSR count). The Balaban J connectivity index is 1.34. The van der Waals surface area contributed by atoms with Gasteiger partial charge < -0.3 is 15.0 Å². The van der Waals surface area contributed by atoms with Gasteiger partial charge in [-0.25, -0.2) is 0 Å². The van der Waals surface area contributed by atoms with Crippen molar-refractivity contribution in [2.75, 3.05) is 18.0 Å². The van der Waals surface area contributed by atoms with E-state index in [4.69, 9.17) is 4.74 Å². The standard InChI is InChI=1S/C20H22N2O2/c1-14(22-11-10-15-6-2-4-8-17(15)22)13-21-20(23)19-12-16-7-3-5-9-18(16)24-19/h2-9,14,19H,10-13H2,1H3,(H,21,23)/t14-,19+/m0/s1. The molecule has 2 heterocycles. The summed E-state index contributed by atoms with van der Waals surface area (Å²) in [5.41, 5.74) is 3.80. The number of anilines is 1. The zero-order valence-electron chi connectivity index (χ0n) is 13.9. The van der Waals surface area contributed by atoms with E-state index in [1.165, 1.54) is 11.3 Å². The predicted molar refractivity (Wildman–Crippen MR) is 94.5 cm³/mol. The number of hydrogen-bond donors (Lipinski definition) is 1. The molecule has 2 aromatic carbocycles. The van der Waals surface area contributed by atoms with Gasteiger partial charge in [0.2, 0.25) is 0 Å². The van der Waals surface area contributed by atoms with Crippen molar-refractivity contribution < 1.29 is 9.53 Å². The molecule has 2 aliphatic rings. The van der Waals surface area contributed by atoms with Crippen LogP contribution < -0.4 is 15.0 Å². The summed E-state index contributed by atoms with van der Waals surface area (Å²) >= 11 is 0. The van der Waals surface area contributed by atoms with Crippen molar-refractivity contribution in [3.63, 3.8) is 0 Å². The molecule has 2 aromatic rings. The summed E-state index contributed by atoms with van der Waals surface area (Å²) in [5.74, 6) is 0.810. The van der Waals surface area contributed by atoms with E-state index in [-0.39, 0.29) is 11.9 Å². The van der Waals surface area contributed by atoms with E-state index < -0.39 is 6.10 Å². The van der Waals surface area contributed by atoms with Crippen molar-refractivity contribution in [1.82, 2.24) is 5.32 Å². The van der Waals surface area contributed by atoms with Gasteiger partial charge in [0.15, 0.2) is 6.10 Å². The molecule has 4 nitrogen and oxygen atoms in total. The van der Waals surface area contributed by atoms with Gasteiger partial charge in [0.1, 0.15) is 5.75 Å². The minimum absolute atomic E-state index is 0.0227. The van der Waals surface area contributed by atoms with Gasteiger partial charge in [0.25, 0.3) is 5.91 Å². The fraction of sp³-hybridized carbons (Fsp3) is 0.350. The van der Waals surface area contributed by atoms with E-state index in [0.29, 0.717) is 13.0 Å². The molecule has 0 aliphatic carbocycles. The molecule has 0 saturated heterocycles. The molecule has 2 atom stereocenters. The zero-order chi connectivity index (χ0) is 16.5. The second-order valence-corrected chi connectivity index (χ2v) is 6.58. The lowest BCUT2D eigenvalue weighted by Crippen LogP contribution is -2.45. The number of fused-ring (bicyclic) bond motifs is 2. The third-order valence-electron chi connectivity index (χ3n) is 4.97. The summed E-state index contributed by atoms with van der Waals surface area (Å²) in [4.78, 5) is 14.8. The molecule has 0 spiro atoms. The molecule has 0 bridgehead atoms. The SMILES string of the molecule is C[C@@H](CNC(=O)[C@H]1Cc2ccccc2O1)N1CCc2ccccc21. The van der Waals surface area contributed by atoms with E-state index in [9.17, 15) is 4.79 Å². The van der Waals surface area contributed by atoms with Gasteiger partial charge in [-0.05, 0) is 36.6 Å². The maximum atomic E-state index is 12.4. The summed E-state index contributed by atoms with van der Waals surface area (Å²) in [7, 11) is 0. The number of rotatable bonds is 4. The van der Waals surface area contributed by atoms with Crippen molar-refractivity contribution in [3.05, 3.63) is 59.7 Å². The predicted octanol–water partition coefficient (Wildman–Crippen LogP) is 2.56. The molecule has 0 saturated carbocycles. The minimum Gasteiger partial charge on any atom is -0.480 e.